The third-order valence-electron chi connectivity index (χ3n) is 4.11. The first-order valence-corrected chi connectivity index (χ1v) is 9.40. The lowest BCUT2D eigenvalue weighted by Gasteiger charge is -2.11. The third kappa shape index (κ3) is 6.81. The van der Waals surface area contributed by atoms with Crippen molar-refractivity contribution in [1.82, 2.24) is 0 Å². The summed E-state index contributed by atoms with van der Waals surface area (Å²) in [5.41, 5.74) is 3.92. The number of methoxy groups -OCH3 is 1. The second-order valence-corrected chi connectivity index (χ2v) is 6.66. The number of carbonyl (C=O) groups excluding carboxylic acids is 1. The molecule has 0 saturated carbocycles. The molecule has 0 radical (unpaired) electrons. The van der Waals surface area contributed by atoms with Gasteiger partial charge in [-0.15, -0.1) is 0 Å². The zero-order chi connectivity index (χ0) is 19.6. The van der Waals surface area contributed by atoms with Gasteiger partial charge in [0.15, 0.2) is 11.5 Å². The second kappa shape index (κ2) is 10.4. The molecule has 4 nitrogen and oxygen atoms in total. The van der Waals surface area contributed by atoms with Crippen LogP contribution < -0.4 is 14.8 Å². The van der Waals surface area contributed by atoms with Crippen LogP contribution in [0.15, 0.2) is 42.5 Å². The van der Waals surface area contributed by atoms with Crippen LogP contribution in [-0.4, -0.2) is 19.6 Å². The van der Waals surface area contributed by atoms with Gasteiger partial charge in [-0.25, -0.2) is 0 Å². The Morgan fingerprint density at radius 3 is 2.44 bits per heavy atom. The Hall–Kier alpha value is -2.75. The van der Waals surface area contributed by atoms with E-state index in [-0.39, 0.29) is 5.91 Å². The van der Waals surface area contributed by atoms with Gasteiger partial charge in [-0.2, -0.15) is 0 Å². The monoisotopic (exact) mass is 367 g/mol. The fourth-order valence-electron chi connectivity index (χ4n) is 2.84. The van der Waals surface area contributed by atoms with E-state index in [2.05, 4.69) is 18.3 Å². The van der Waals surface area contributed by atoms with Gasteiger partial charge in [0.25, 0.3) is 0 Å². The molecule has 0 spiro atoms. The highest BCUT2D eigenvalue weighted by atomic mass is 16.5. The summed E-state index contributed by atoms with van der Waals surface area (Å²) in [4.78, 5) is 12.2. The molecule has 27 heavy (non-hydrogen) atoms. The van der Waals surface area contributed by atoms with E-state index in [4.69, 9.17) is 9.47 Å². The molecule has 2 aromatic rings. The summed E-state index contributed by atoms with van der Waals surface area (Å²) in [7, 11) is 1.62. The maximum Gasteiger partial charge on any atom is 0.248 e. The second-order valence-electron chi connectivity index (χ2n) is 6.66. The number of rotatable bonds is 9. The number of aryl methyl sites for hydroxylation is 2. The number of carbonyl (C=O) groups is 1. The Balaban J connectivity index is 1.99. The molecule has 1 N–H and O–H groups in total. The first-order chi connectivity index (χ1) is 13.0. The molecule has 4 heteroatoms. The Morgan fingerprint density at radius 2 is 1.78 bits per heavy atom. The van der Waals surface area contributed by atoms with Gasteiger partial charge >= 0.3 is 0 Å². The number of hydrogen-bond donors (Lipinski definition) is 1. The van der Waals surface area contributed by atoms with Crippen LogP contribution in [0.2, 0.25) is 0 Å². The molecule has 2 rings (SSSR count). The molecule has 0 bridgehead atoms. The van der Waals surface area contributed by atoms with Gasteiger partial charge in [0.1, 0.15) is 0 Å². The minimum absolute atomic E-state index is 0.168. The van der Waals surface area contributed by atoms with Crippen LogP contribution in [0.3, 0.4) is 0 Å². The maximum atomic E-state index is 12.2. The Bertz CT molecular complexity index is 776. The summed E-state index contributed by atoms with van der Waals surface area (Å²) in [6.07, 6.45) is 6.63. The zero-order valence-electron chi connectivity index (χ0n) is 16.7. The van der Waals surface area contributed by atoms with Gasteiger partial charge in [-0.3, -0.25) is 4.79 Å². The van der Waals surface area contributed by atoms with Gasteiger partial charge in [0.05, 0.1) is 13.7 Å². The van der Waals surface area contributed by atoms with E-state index in [1.807, 2.05) is 44.2 Å². The quantitative estimate of drug-likeness (QED) is 0.468. The van der Waals surface area contributed by atoms with Crippen molar-refractivity contribution >= 4 is 17.7 Å². The van der Waals surface area contributed by atoms with Gasteiger partial charge in [-0.1, -0.05) is 31.9 Å². The molecular formula is C23H29NO3. The van der Waals surface area contributed by atoms with Crippen molar-refractivity contribution < 1.29 is 14.3 Å². The first kappa shape index (κ1) is 20.6. The molecule has 2 aromatic carbocycles. The highest BCUT2D eigenvalue weighted by molar-refractivity contribution is 6.02. The Labute approximate surface area is 162 Å². The van der Waals surface area contributed by atoms with Crippen molar-refractivity contribution in [3.8, 4) is 11.5 Å². The number of hydrogen-bond acceptors (Lipinski definition) is 3. The van der Waals surface area contributed by atoms with E-state index in [0.717, 1.165) is 47.4 Å². The van der Waals surface area contributed by atoms with Crippen molar-refractivity contribution in [3.63, 3.8) is 0 Å². The molecule has 0 aromatic heterocycles. The van der Waals surface area contributed by atoms with E-state index in [1.165, 1.54) is 6.08 Å². The molecule has 0 fully saturated rings. The average molecular weight is 367 g/mol. The van der Waals surface area contributed by atoms with Crippen LogP contribution in [0.4, 0.5) is 5.69 Å². The van der Waals surface area contributed by atoms with Crippen molar-refractivity contribution in [1.29, 1.82) is 0 Å². The Kier molecular flexibility index (Phi) is 7.93. The summed E-state index contributed by atoms with van der Waals surface area (Å²) in [6.45, 7) is 6.86. The minimum Gasteiger partial charge on any atom is -0.493 e. The van der Waals surface area contributed by atoms with Crippen molar-refractivity contribution in [2.24, 2.45) is 0 Å². The van der Waals surface area contributed by atoms with Crippen molar-refractivity contribution in [3.05, 3.63) is 59.2 Å². The van der Waals surface area contributed by atoms with Crippen LogP contribution in [0.1, 0.15) is 42.9 Å². The van der Waals surface area contributed by atoms with E-state index in [9.17, 15) is 4.79 Å². The highest BCUT2D eigenvalue weighted by Gasteiger charge is 2.05. The zero-order valence-corrected chi connectivity index (χ0v) is 16.7. The number of amides is 1. The minimum atomic E-state index is -0.168. The molecule has 0 aliphatic heterocycles. The molecule has 144 valence electrons. The number of nitrogens with one attached hydrogen (secondary N) is 1. The van der Waals surface area contributed by atoms with Crippen LogP contribution in [0.5, 0.6) is 11.5 Å². The molecule has 0 unspecified atom stereocenters. The van der Waals surface area contributed by atoms with Crippen molar-refractivity contribution in [2.75, 3.05) is 19.0 Å². The molecule has 1 amide bonds. The SMILES string of the molecule is CCCCCOc1ccc(/C=C/C(=O)Nc2cc(C)cc(C)c2)cc1OC. The molecule has 0 heterocycles. The molecule has 0 aliphatic carbocycles. The normalized spacial score (nSPS) is 10.8. The topological polar surface area (TPSA) is 47.6 Å². The van der Waals surface area contributed by atoms with Crippen LogP contribution in [0.25, 0.3) is 6.08 Å². The fourth-order valence-corrected chi connectivity index (χ4v) is 2.84. The lowest BCUT2D eigenvalue weighted by Crippen LogP contribution is -2.08. The lowest BCUT2D eigenvalue weighted by atomic mass is 10.1. The summed E-state index contributed by atoms with van der Waals surface area (Å²) in [6, 6.07) is 11.6. The van der Waals surface area contributed by atoms with E-state index in [0.29, 0.717) is 12.4 Å². The molecule has 0 aliphatic rings. The van der Waals surface area contributed by atoms with Crippen LogP contribution >= 0.6 is 0 Å². The first-order valence-electron chi connectivity index (χ1n) is 9.40. The molecule has 0 saturated heterocycles. The maximum absolute atomic E-state index is 12.2. The van der Waals surface area contributed by atoms with E-state index >= 15 is 0 Å². The molecular weight excluding hydrogens is 338 g/mol. The number of ether oxygens (including phenoxy) is 2. The predicted octanol–water partition coefficient (Wildman–Crippen LogP) is 5.53. The average Bonchev–Trinajstić information content (AvgIpc) is 2.63. The number of anilines is 1. The van der Waals surface area contributed by atoms with E-state index < -0.39 is 0 Å². The largest absolute Gasteiger partial charge is 0.493 e. The summed E-state index contributed by atoms with van der Waals surface area (Å²) < 4.78 is 11.2. The number of benzene rings is 2. The fraction of sp³-hybridized carbons (Fsp3) is 0.348. The lowest BCUT2D eigenvalue weighted by molar-refractivity contribution is -0.111. The third-order valence-corrected chi connectivity index (χ3v) is 4.11. The standard InChI is InChI=1S/C23H29NO3/c1-5-6-7-12-27-21-10-8-19(16-22(21)26-4)9-11-23(25)24-20-14-17(2)13-18(3)15-20/h8-11,13-16H,5-7,12H2,1-4H3,(H,24,25)/b11-9+. The smallest absolute Gasteiger partial charge is 0.248 e. The van der Waals surface area contributed by atoms with Gasteiger partial charge < -0.3 is 14.8 Å². The Morgan fingerprint density at radius 1 is 1.04 bits per heavy atom. The summed E-state index contributed by atoms with van der Waals surface area (Å²) >= 11 is 0. The predicted molar refractivity (Wildman–Crippen MR) is 112 cm³/mol. The van der Waals surface area contributed by atoms with E-state index in [1.54, 1.807) is 13.2 Å². The van der Waals surface area contributed by atoms with Crippen LogP contribution in [0, 0.1) is 13.8 Å². The van der Waals surface area contributed by atoms with Crippen molar-refractivity contribution in [2.45, 2.75) is 40.0 Å². The van der Waals surface area contributed by atoms with Gasteiger partial charge in [-0.05, 0) is 67.3 Å². The molecule has 0 atom stereocenters. The van der Waals surface area contributed by atoms with Gasteiger partial charge in [0.2, 0.25) is 5.91 Å². The summed E-state index contributed by atoms with van der Waals surface area (Å²) in [5.74, 6) is 1.23. The van der Waals surface area contributed by atoms with Gasteiger partial charge in [0, 0.05) is 11.8 Å². The van der Waals surface area contributed by atoms with Crippen LogP contribution in [-0.2, 0) is 4.79 Å². The highest BCUT2D eigenvalue weighted by Crippen LogP contribution is 2.28. The summed E-state index contributed by atoms with van der Waals surface area (Å²) in [5, 5.41) is 2.89. The number of unbranched alkanes of at least 4 members (excludes halogenated alkanes) is 2.